The average Bonchev–Trinajstić information content (AvgIpc) is 2.97. The molecule has 0 radical (unpaired) electrons. The number of halogens is 1. The number of nitrogens with one attached hydrogen (secondary N) is 1. The van der Waals surface area contributed by atoms with E-state index >= 15 is 0 Å². The molecule has 3 heteroatoms. The second-order valence-electron chi connectivity index (χ2n) is 5.14. The van der Waals surface area contributed by atoms with Crippen molar-refractivity contribution in [1.29, 1.82) is 0 Å². The summed E-state index contributed by atoms with van der Waals surface area (Å²) in [4.78, 5) is 7.89. The molecule has 2 nitrogen and oxygen atoms in total. The molecule has 4 aromatic rings. The minimum absolute atomic E-state index is 0.565. The monoisotopic (exact) mass is 304 g/mol. The molecule has 3 aromatic carbocycles. The molecule has 0 saturated carbocycles. The third kappa shape index (κ3) is 2.18. The summed E-state index contributed by atoms with van der Waals surface area (Å²) >= 11 is 6.41. The summed E-state index contributed by atoms with van der Waals surface area (Å²) in [5.41, 5.74) is 2.86. The molecule has 0 aliphatic heterocycles. The van der Waals surface area contributed by atoms with E-state index < -0.39 is 0 Å². The van der Waals surface area contributed by atoms with Gasteiger partial charge in [-0.2, -0.15) is 0 Å². The molecule has 0 atom stereocenters. The highest BCUT2D eigenvalue weighted by Crippen LogP contribution is 2.33. The lowest BCUT2D eigenvalue weighted by Crippen LogP contribution is -1.83. The first kappa shape index (κ1) is 13.1. The van der Waals surface area contributed by atoms with Crippen molar-refractivity contribution in [3.63, 3.8) is 0 Å². The zero-order valence-corrected chi connectivity index (χ0v) is 12.5. The number of imidazole rings is 1. The molecule has 0 aliphatic rings. The fourth-order valence-electron chi connectivity index (χ4n) is 2.70. The van der Waals surface area contributed by atoms with Crippen LogP contribution in [-0.2, 0) is 0 Å². The van der Waals surface area contributed by atoms with Gasteiger partial charge in [0.05, 0.1) is 0 Å². The summed E-state index contributed by atoms with van der Waals surface area (Å²) in [5.74, 6) is 0.786. The van der Waals surface area contributed by atoms with E-state index in [0.29, 0.717) is 5.15 Å². The third-order valence-electron chi connectivity index (χ3n) is 3.75. The van der Waals surface area contributed by atoms with Gasteiger partial charge in [-0.1, -0.05) is 84.4 Å². The summed E-state index contributed by atoms with van der Waals surface area (Å²) in [6.07, 6.45) is 0. The van der Waals surface area contributed by atoms with E-state index in [1.165, 1.54) is 5.39 Å². The van der Waals surface area contributed by atoms with Gasteiger partial charge in [-0.15, -0.1) is 0 Å². The van der Waals surface area contributed by atoms with Crippen LogP contribution in [0.3, 0.4) is 0 Å². The maximum atomic E-state index is 6.41. The quantitative estimate of drug-likeness (QED) is 0.516. The summed E-state index contributed by atoms with van der Waals surface area (Å²) in [7, 11) is 0. The van der Waals surface area contributed by atoms with Crippen LogP contribution in [0.4, 0.5) is 0 Å². The number of aromatic amines is 1. The normalized spacial score (nSPS) is 11.0. The largest absolute Gasteiger partial charge is 0.329 e. The van der Waals surface area contributed by atoms with Crippen molar-refractivity contribution in [2.24, 2.45) is 0 Å². The van der Waals surface area contributed by atoms with Crippen LogP contribution in [0.5, 0.6) is 0 Å². The van der Waals surface area contributed by atoms with Gasteiger partial charge < -0.3 is 4.98 Å². The first-order valence-electron chi connectivity index (χ1n) is 7.12. The number of aromatic nitrogens is 2. The highest BCUT2D eigenvalue weighted by Gasteiger charge is 2.13. The molecule has 0 fully saturated rings. The van der Waals surface area contributed by atoms with E-state index in [4.69, 9.17) is 16.6 Å². The number of hydrogen-bond acceptors (Lipinski definition) is 1. The molecule has 1 heterocycles. The lowest BCUT2D eigenvalue weighted by atomic mass is 10.0. The molecule has 22 heavy (non-hydrogen) atoms. The zero-order chi connectivity index (χ0) is 14.9. The number of rotatable bonds is 2. The summed E-state index contributed by atoms with van der Waals surface area (Å²) in [6, 6.07) is 24.4. The lowest BCUT2D eigenvalue weighted by Gasteiger charge is -2.04. The Morgan fingerprint density at radius 2 is 1.50 bits per heavy atom. The fraction of sp³-hybridized carbons (Fsp3) is 0. The van der Waals surface area contributed by atoms with E-state index in [9.17, 15) is 0 Å². The van der Waals surface area contributed by atoms with Gasteiger partial charge in [-0.05, 0) is 10.8 Å². The lowest BCUT2D eigenvalue weighted by molar-refractivity contribution is 1.31. The number of benzene rings is 3. The SMILES string of the molecule is Clc1[nH]c(-c2ccccc2)nc1-c1cccc2ccccc12. The van der Waals surface area contributed by atoms with Gasteiger partial charge in [-0.25, -0.2) is 4.98 Å². The predicted molar refractivity (Wildman–Crippen MR) is 92.0 cm³/mol. The molecule has 0 saturated heterocycles. The topological polar surface area (TPSA) is 28.7 Å². The zero-order valence-electron chi connectivity index (χ0n) is 11.8. The van der Waals surface area contributed by atoms with Gasteiger partial charge in [-0.3, -0.25) is 0 Å². The molecule has 0 aliphatic carbocycles. The Bertz CT molecular complexity index is 937. The molecule has 4 rings (SSSR count). The van der Waals surface area contributed by atoms with E-state index in [1.54, 1.807) is 0 Å². The van der Waals surface area contributed by atoms with Gasteiger partial charge in [0.2, 0.25) is 0 Å². The molecular weight excluding hydrogens is 292 g/mol. The summed E-state index contributed by atoms with van der Waals surface area (Å²) in [5, 5.41) is 2.90. The van der Waals surface area contributed by atoms with Gasteiger partial charge in [0.1, 0.15) is 16.7 Å². The van der Waals surface area contributed by atoms with E-state index in [0.717, 1.165) is 28.0 Å². The van der Waals surface area contributed by atoms with Crippen LogP contribution >= 0.6 is 11.6 Å². The highest BCUT2D eigenvalue weighted by atomic mass is 35.5. The molecule has 106 valence electrons. The average molecular weight is 305 g/mol. The van der Waals surface area contributed by atoms with Crippen molar-refractivity contribution >= 4 is 22.4 Å². The minimum Gasteiger partial charge on any atom is -0.329 e. The number of fused-ring (bicyclic) bond motifs is 1. The van der Waals surface area contributed by atoms with Gasteiger partial charge in [0.25, 0.3) is 0 Å². The van der Waals surface area contributed by atoms with Crippen molar-refractivity contribution < 1.29 is 0 Å². The van der Waals surface area contributed by atoms with Gasteiger partial charge >= 0.3 is 0 Å². The predicted octanol–water partition coefficient (Wildman–Crippen LogP) is 5.55. The minimum atomic E-state index is 0.565. The Labute approximate surface area is 133 Å². The van der Waals surface area contributed by atoms with Crippen molar-refractivity contribution in [3.05, 3.63) is 77.9 Å². The Kier molecular flexibility index (Phi) is 3.17. The van der Waals surface area contributed by atoms with Crippen LogP contribution in [0.2, 0.25) is 5.15 Å². The highest BCUT2D eigenvalue weighted by molar-refractivity contribution is 6.32. The molecular formula is C19H13ClN2. The number of nitrogens with zero attached hydrogens (tertiary/aromatic N) is 1. The Balaban J connectivity index is 1.91. The second kappa shape index (κ2) is 5.32. The Hall–Kier alpha value is -2.58. The molecule has 1 aromatic heterocycles. The van der Waals surface area contributed by atoms with Crippen molar-refractivity contribution in [3.8, 4) is 22.6 Å². The van der Waals surface area contributed by atoms with Crippen LogP contribution < -0.4 is 0 Å². The van der Waals surface area contributed by atoms with Gasteiger partial charge in [0, 0.05) is 11.1 Å². The van der Waals surface area contributed by atoms with Crippen LogP contribution in [0.15, 0.2) is 72.8 Å². The van der Waals surface area contributed by atoms with E-state index in [1.807, 2.05) is 48.5 Å². The van der Waals surface area contributed by atoms with Crippen LogP contribution in [0.25, 0.3) is 33.4 Å². The molecule has 0 unspecified atom stereocenters. The van der Waals surface area contributed by atoms with Crippen molar-refractivity contribution in [2.75, 3.05) is 0 Å². The molecule has 0 bridgehead atoms. The van der Waals surface area contributed by atoms with Crippen molar-refractivity contribution in [1.82, 2.24) is 9.97 Å². The Morgan fingerprint density at radius 3 is 2.36 bits per heavy atom. The maximum Gasteiger partial charge on any atom is 0.139 e. The standard InChI is InChI=1S/C19H13ClN2/c20-18-17(21-19(22-18)14-8-2-1-3-9-14)16-12-6-10-13-7-4-5-11-15(13)16/h1-12H,(H,21,22). The maximum absolute atomic E-state index is 6.41. The first-order chi connectivity index (χ1) is 10.8. The molecule has 1 N–H and O–H groups in total. The summed E-state index contributed by atoms with van der Waals surface area (Å²) in [6.45, 7) is 0. The van der Waals surface area contributed by atoms with Gasteiger partial charge in [0.15, 0.2) is 0 Å². The number of hydrogen-bond donors (Lipinski definition) is 1. The fourth-order valence-corrected chi connectivity index (χ4v) is 2.93. The first-order valence-corrected chi connectivity index (χ1v) is 7.50. The van der Waals surface area contributed by atoms with Crippen LogP contribution in [-0.4, -0.2) is 9.97 Å². The molecule has 0 spiro atoms. The molecule has 0 amide bonds. The summed E-state index contributed by atoms with van der Waals surface area (Å²) < 4.78 is 0. The Morgan fingerprint density at radius 1 is 0.773 bits per heavy atom. The number of H-pyrrole nitrogens is 1. The van der Waals surface area contributed by atoms with Crippen LogP contribution in [0.1, 0.15) is 0 Å². The van der Waals surface area contributed by atoms with Crippen LogP contribution in [0, 0.1) is 0 Å². The van der Waals surface area contributed by atoms with E-state index in [-0.39, 0.29) is 0 Å². The smallest absolute Gasteiger partial charge is 0.139 e. The third-order valence-corrected chi connectivity index (χ3v) is 4.03. The second-order valence-corrected chi connectivity index (χ2v) is 5.52. The van der Waals surface area contributed by atoms with Crippen molar-refractivity contribution in [2.45, 2.75) is 0 Å². The van der Waals surface area contributed by atoms with E-state index in [2.05, 4.69) is 29.2 Å².